The molecule has 0 aliphatic heterocycles. The minimum Gasteiger partial charge on any atom is -1.00 e. The summed E-state index contributed by atoms with van der Waals surface area (Å²) >= 11 is 0. The first-order valence-electron chi connectivity index (χ1n) is 7.48. The van der Waals surface area contributed by atoms with Crippen LogP contribution >= 0.6 is 0 Å². The summed E-state index contributed by atoms with van der Waals surface area (Å²) in [4.78, 5) is 0. The molecule has 3 heteroatoms. The van der Waals surface area contributed by atoms with Gasteiger partial charge in [-0.25, -0.2) is 0 Å². The van der Waals surface area contributed by atoms with Crippen LogP contribution in [0.5, 0.6) is 0 Å². The number of hydrogen-bond acceptors (Lipinski definition) is 0. The Labute approximate surface area is 181 Å². The average molecular weight is 532 g/mol. The summed E-state index contributed by atoms with van der Waals surface area (Å²) in [5.41, 5.74) is 5.17. The van der Waals surface area contributed by atoms with Gasteiger partial charge in [-0.2, -0.15) is 24.3 Å². The van der Waals surface area contributed by atoms with Crippen LogP contribution in [0.2, 0.25) is 0 Å². The first-order valence-corrected chi connectivity index (χ1v) is 7.48. The number of halogens is 2. The Morgan fingerprint density at radius 1 is 0.400 bits per heavy atom. The third kappa shape index (κ3) is 7.15. The van der Waals surface area contributed by atoms with Crippen LogP contribution in [-0.2, 0) is 25.8 Å². The minimum atomic E-state index is 0. The predicted octanol–water partition coefficient (Wildman–Crippen LogP) is 0.151. The SMILES string of the molecule is [Cl-].[Cl-].[Hf+4].c1ccc(-[c-]2cccc2)cc1.c1ccc(-[c-]2cccc2)cc1. The molecule has 0 aromatic heterocycles. The Hall–Kier alpha value is -1.41. The van der Waals surface area contributed by atoms with Gasteiger partial charge in [0.1, 0.15) is 0 Å². The summed E-state index contributed by atoms with van der Waals surface area (Å²) in [5.74, 6) is 0. The summed E-state index contributed by atoms with van der Waals surface area (Å²) in [5, 5.41) is 0. The molecular weight excluding hydrogens is 514 g/mol. The second-order valence-electron chi connectivity index (χ2n) is 5.08. The smallest absolute Gasteiger partial charge is 1.00 e. The van der Waals surface area contributed by atoms with E-state index in [9.17, 15) is 0 Å². The fourth-order valence-corrected chi connectivity index (χ4v) is 2.39. The summed E-state index contributed by atoms with van der Waals surface area (Å²) in [6.45, 7) is 0. The molecule has 4 aromatic rings. The van der Waals surface area contributed by atoms with E-state index >= 15 is 0 Å². The maximum atomic E-state index is 2.12. The Morgan fingerprint density at radius 3 is 0.960 bits per heavy atom. The van der Waals surface area contributed by atoms with Crippen molar-refractivity contribution in [2.45, 2.75) is 0 Å². The Kier molecular flexibility index (Phi) is 12.2. The molecule has 0 spiro atoms. The molecule has 0 amide bonds. The summed E-state index contributed by atoms with van der Waals surface area (Å²) in [6, 6.07) is 37.5. The van der Waals surface area contributed by atoms with Crippen molar-refractivity contribution in [2.24, 2.45) is 0 Å². The molecular formula is C22H18Cl2Hf. The largest absolute Gasteiger partial charge is 4.00 e. The van der Waals surface area contributed by atoms with Gasteiger partial charge in [-0.1, -0.05) is 47.5 Å². The van der Waals surface area contributed by atoms with Crippen molar-refractivity contribution in [3.05, 3.63) is 109 Å². The van der Waals surface area contributed by atoms with Crippen LogP contribution in [0.25, 0.3) is 22.3 Å². The van der Waals surface area contributed by atoms with Crippen molar-refractivity contribution in [1.29, 1.82) is 0 Å². The second kappa shape index (κ2) is 12.9. The molecule has 124 valence electrons. The molecule has 0 aliphatic rings. The van der Waals surface area contributed by atoms with Crippen LogP contribution in [0.4, 0.5) is 0 Å². The topological polar surface area (TPSA) is 0 Å². The molecule has 0 nitrogen and oxygen atoms in total. The van der Waals surface area contributed by atoms with Gasteiger partial charge in [-0.05, 0) is 0 Å². The monoisotopic (exact) mass is 532 g/mol. The number of rotatable bonds is 2. The van der Waals surface area contributed by atoms with Crippen molar-refractivity contribution in [3.8, 4) is 22.3 Å². The van der Waals surface area contributed by atoms with Crippen molar-refractivity contribution in [2.75, 3.05) is 0 Å². The van der Waals surface area contributed by atoms with Crippen LogP contribution < -0.4 is 24.8 Å². The van der Waals surface area contributed by atoms with Crippen molar-refractivity contribution >= 4 is 0 Å². The fraction of sp³-hybridized carbons (Fsp3) is 0. The van der Waals surface area contributed by atoms with Gasteiger partial charge in [0.2, 0.25) is 0 Å². The molecule has 0 aliphatic carbocycles. The normalized spacial score (nSPS) is 8.64. The van der Waals surface area contributed by atoms with E-state index in [2.05, 4.69) is 97.1 Å². The molecule has 0 radical (unpaired) electrons. The average Bonchev–Trinajstić information content (AvgIpc) is 3.31. The van der Waals surface area contributed by atoms with Gasteiger partial charge >= 0.3 is 25.8 Å². The summed E-state index contributed by atoms with van der Waals surface area (Å²) in [7, 11) is 0. The van der Waals surface area contributed by atoms with Crippen LogP contribution in [0.3, 0.4) is 0 Å². The Balaban J connectivity index is 0.000000411. The molecule has 25 heavy (non-hydrogen) atoms. The number of hydrogen-bond donors (Lipinski definition) is 0. The quantitative estimate of drug-likeness (QED) is 0.255. The molecule has 0 heterocycles. The zero-order valence-corrected chi connectivity index (χ0v) is 18.8. The van der Waals surface area contributed by atoms with Gasteiger partial charge in [0, 0.05) is 0 Å². The van der Waals surface area contributed by atoms with Gasteiger partial charge in [0.25, 0.3) is 0 Å². The van der Waals surface area contributed by atoms with Gasteiger partial charge in [0.05, 0.1) is 0 Å². The molecule has 0 atom stereocenters. The van der Waals surface area contributed by atoms with Gasteiger partial charge in [-0.3, -0.25) is 0 Å². The van der Waals surface area contributed by atoms with Gasteiger partial charge in [-0.15, -0.1) is 59.7 Å². The van der Waals surface area contributed by atoms with Crippen LogP contribution in [0, 0.1) is 0 Å². The third-order valence-electron chi connectivity index (χ3n) is 3.54. The van der Waals surface area contributed by atoms with E-state index in [1.165, 1.54) is 22.3 Å². The van der Waals surface area contributed by atoms with E-state index in [-0.39, 0.29) is 50.7 Å². The summed E-state index contributed by atoms with van der Waals surface area (Å²) in [6.07, 6.45) is 0. The maximum Gasteiger partial charge on any atom is 4.00 e. The molecule has 0 saturated carbocycles. The maximum absolute atomic E-state index is 2.12. The van der Waals surface area contributed by atoms with Crippen molar-refractivity contribution in [1.82, 2.24) is 0 Å². The number of benzene rings is 2. The predicted molar refractivity (Wildman–Crippen MR) is 94.9 cm³/mol. The minimum absolute atomic E-state index is 0. The van der Waals surface area contributed by atoms with Crippen molar-refractivity contribution in [3.63, 3.8) is 0 Å². The second-order valence-corrected chi connectivity index (χ2v) is 5.08. The molecule has 0 fully saturated rings. The van der Waals surface area contributed by atoms with E-state index < -0.39 is 0 Å². The van der Waals surface area contributed by atoms with Crippen LogP contribution in [-0.4, -0.2) is 0 Å². The van der Waals surface area contributed by atoms with E-state index in [4.69, 9.17) is 0 Å². The molecule has 0 bridgehead atoms. The van der Waals surface area contributed by atoms with E-state index in [1.54, 1.807) is 0 Å². The van der Waals surface area contributed by atoms with Crippen LogP contribution in [0.1, 0.15) is 0 Å². The van der Waals surface area contributed by atoms with Crippen LogP contribution in [0.15, 0.2) is 109 Å². The van der Waals surface area contributed by atoms with E-state index in [0.29, 0.717) is 0 Å². The molecule has 0 unspecified atom stereocenters. The van der Waals surface area contributed by atoms with E-state index in [0.717, 1.165) is 0 Å². The molecule has 4 rings (SSSR count). The zero-order valence-electron chi connectivity index (χ0n) is 13.6. The Morgan fingerprint density at radius 2 is 0.680 bits per heavy atom. The van der Waals surface area contributed by atoms with Gasteiger partial charge in [0.15, 0.2) is 0 Å². The van der Waals surface area contributed by atoms with Gasteiger partial charge < -0.3 is 24.8 Å². The standard InChI is InChI=1S/2C11H9.2ClH.Hf/c2*1-2-6-10(7-3-1)11-8-4-5-9-11;;;/h2*1-9H;2*1H;/q2*-1;;;+4/p-2. The molecule has 0 N–H and O–H groups in total. The van der Waals surface area contributed by atoms with E-state index in [1.807, 2.05) is 12.1 Å². The first kappa shape index (κ1) is 23.6. The third-order valence-corrected chi connectivity index (χ3v) is 3.54. The molecule has 0 saturated heterocycles. The first-order chi connectivity index (χ1) is 10.9. The summed E-state index contributed by atoms with van der Waals surface area (Å²) < 4.78 is 0. The Bertz CT molecular complexity index is 692. The molecule has 4 aromatic carbocycles. The zero-order chi connectivity index (χ0) is 15.0. The van der Waals surface area contributed by atoms with Crippen molar-refractivity contribution < 1.29 is 50.7 Å². The fourth-order valence-electron chi connectivity index (χ4n) is 2.39.